The number of hydrogen-bond acceptors (Lipinski definition) is 3. The maximum atomic E-state index is 14.7. The Balaban J connectivity index is 1.46. The molecule has 0 atom stereocenters. The molecule has 0 aliphatic heterocycles. The van der Waals surface area contributed by atoms with Gasteiger partial charge in [0.2, 0.25) is 0 Å². The lowest BCUT2D eigenvalue weighted by Crippen LogP contribution is -2.00. The monoisotopic (exact) mass is 449 g/mol. The number of benzene rings is 3. The van der Waals surface area contributed by atoms with Gasteiger partial charge in [0.15, 0.2) is 23.2 Å². The van der Waals surface area contributed by atoms with Crippen molar-refractivity contribution in [2.45, 2.75) is 19.4 Å². The zero-order valence-corrected chi connectivity index (χ0v) is 18.0. The van der Waals surface area contributed by atoms with E-state index in [1.165, 1.54) is 19.4 Å². The van der Waals surface area contributed by atoms with Crippen molar-refractivity contribution in [3.8, 4) is 28.0 Å². The zero-order valence-electron chi connectivity index (χ0n) is 18.0. The number of nitrogens with zero attached hydrogens (tertiary/aromatic N) is 1. The maximum Gasteiger partial charge on any atom is 0.166 e. The molecule has 0 aliphatic rings. The molecule has 0 saturated heterocycles. The van der Waals surface area contributed by atoms with Crippen molar-refractivity contribution < 1.29 is 23.0 Å². The Bertz CT molecular complexity index is 1260. The molecule has 6 heteroatoms. The number of methoxy groups -OCH3 is 1. The predicted octanol–water partition coefficient (Wildman–Crippen LogP) is 6.12. The molecule has 0 amide bonds. The van der Waals surface area contributed by atoms with Crippen LogP contribution in [0.3, 0.4) is 0 Å². The molecule has 1 N–H and O–H groups in total. The minimum Gasteiger partial charge on any atom is -0.494 e. The number of rotatable bonds is 7. The van der Waals surface area contributed by atoms with Gasteiger partial charge in [0.25, 0.3) is 0 Å². The number of aliphatic hydroxyl groups excluding tert-OH is 1. The Morgan fingerprint density at radius 2 is 1.52 bits per heavy atom. The first-order valence-electron chi connectivity index (χ1n) is 10.5. The first-order chi connectivity index (χ1) is 16.0. The Hall–Kier alpha value is -3.64. The summed E-state index contributed by atoms with van der Waals surface area (Å²) in [5, 5.41) is 9.07. The Morgan fingerprint density at radius 3 is 2.15 bits per heavy atom. The van der Waals surface area contributed by atoms with E-state index in [9.17, 15) is 13.2 Å². The van der Waals surface area contributed by atoms with Crippen molar-refractivity contribution in [1.29, 1.82) is 0 Å². The third-order valence-electron chi connectivity index (χ3n) is 5.58. The third kappa shape index (κ3) is 4.91. The van der Waals surface area contributed by atoms with Gasteiger partial charge in [0, 0.05) is 17.3 Å². The van der Waals surface area contributed by atoms with Crippen LogP contribution < -0.4 is 4.74 Å². The van der Waals surface area contributed by atoms with Crippen LogP contribution in [0.25, 0.3) is 22.3 Å². The van der Waals surface area contributed by atoms with E-state index in [0.717, 1.165) is 16.7 Å². The number of hydrogen-bond donors (Lipinski definition) is 1. The molecule has 0 saturated carbocycles. The topological polar surface area (TPSA) is 42.4 Å². The molecule has 0 radical (unpaired) electrons. The van der Waals surface area contributed by atoms with Crippen LogP contribution in [0.1, 0.15) is 16.8 Å². The normalized spacial score (nSPS) is 10.9. The molecular formula is C27H22F3NO2. The number of pyridine rings is 1. The Labute approximate surface area is 190 Å². The molecule has 4 rings (SSSR count). The lowest BCUT2D eigenvalue weighted by molar-refractivity contribution is 0.277. The average molecular weight is 449 g/mol. The summed E-state index contributed by atoms with van der Waals surface area (Å²) in [4.78, 5) is 4.02. The molecule has 0 fully saturated rings. The first kappa shape index (κ1) is 22.6. The number of ether oxygens (including phenoxy) is 1. The summed E-state index contributed by atoms with van der Waals surface area (Å²) in [7, 11) is 1.42. The molecule has 0 unspecified atom stereocenters. The van der Waals surface area contributed by atoms with Gasteiger partial charge in [0.1, 0.15) is 0 Å². The Morgan fingerprint density at radius 1 is 0.788 bits per heavy atom. The van der Waals surface area contributed by atoms with Crippen LogP contribution in [-0.2, 0) is 19.4 Å². The summed E-state index contributed by atoms with van der Waals surface area (Å²) in [5.41, 5.74) is 3.86. The summed E-state index contributed by atoms with van der Waals surface area (Å²) in [6.45, 7) is -0.214. The molecule has 168 valence electrons. The maximum absolute atomic E-state index is 14.7. The van der Waals surface area contributed by atoms with Crippen LogP contribution in [0.4, 0.5) is 13.2 Å². The van der Waals surface area contributed by atoms with Gasteiger partial charge < -0.3 is 9.84 Å². The van der Waals surface area contributed by atoms with Crippen molar-refractivity contribution >= 4 is 0 Å². The fourth-order valence-electron chi connectivity index (χ4n) is 3.67. The lowest BCUT2D eigenvalue weighted by atomic mass is 9.98. The molecule has 1 aromatic heterocycles. The molecule has 3 nitrogen and oxygen atoms in total. The van der Waals surface area contributed by atoms with Crippen LogP contribution in [-0.4, -0.2) is 17.2 Å². The van der Waals surface area contributed by atoms with Gasteiger partial charge >= 0.3 is 0 Å². The second-order valence-electron chi connectivity index (χ2n) is 7.64. The highest BCUT2D eigenvalue weighted by molar-refractivity contribution is 5.65. The van der Waals surface area contributed by atoms with Crippen LogP contribution in [0.2, 0.25) is 0 Å². The lowest BCUT2D eigenvalue weighted by Gasteiger charge is -2.10. The predicted molar refractivity (Wildman–Crippen MR) is 121 cm³/mol. The van der Waals surface area contributed by atoms with E-state index in [-0.39, 0.29) is 23.5 Å². The van der Waals surface area contributed by atoms with Crippen LogP contribution in [0.5, 0.6) is 5.75 Å². The van der Waals surface area contributed by atoms with E-state index in [4.69, 9.17) is 9.84 Å². The van der Waals surface area contributed by atoms with Crippen molar-refractivity contribution in [1.82, 2.24) is 4.98 Å². The molecule has 0 aliphatic carbocycles. The molecule has 4 aromatic rings. The van der Waals surface area contributed by atoms with Crippen molar-refractivity contribution in [3.05, 3.63) is 107 Å². The van der Waals surface area contributed by atoms with Gasteiger partial charge in [-0.25, -0.2) is 13.2 Å². The summed E-state index contributed by atoms with van der Waals surface area (Å²) in [5.74, 6) is -2.03. The van der Waals surface area contributed by atoms with E-state index in [0.29, 0.717) is 24.1 Å². The molecule has 3 aromatic carbocycles. The molecule has 33 heavy (non-hydrogen) atoms. The quantitative estimate of drug-likeness (QED) is 0.370. The minimum absolute atomic E-state index is 0.129. The highest BCUT2D eigenvalue weighted by Crippen LogP contribution is 2.28. The second kappa shape index (κ2) is 9.88. The van der Waals surface area contributed by atoms with E-state index in [1.54, 1.807) is 36.4 Å². The molecule has 1 heterocycles. The number of aryl methyl sites for hydroxylation is 2. The minimum atomic E-state index is -0.914. The highest BCUT2D eigenvalue weighted by atomic mass is 19.2. The molecular weight excluding hydrogens is 427 g/mol. The van der Waals surface area contributed by atoms with Gasteiger partial charge in [0.05, 0.1) is 19.4 Å². The smallest absolute Gasteiger partial charge is 0.166 e. The largest absolute Gasteiger partial charge is 0.494 e. The van der Waals surface area contributed by atoms with E-state index < -0.39 is 17.5 Å². The van der Waals surface area contributed by atoms with Crippen molar-refractivity contribution in [2.75, 3.05) is 7.11 Å². The van der Waals surface area contributed by atoms with Crippen LogP contribution in [0, 0.1) is 17.5 Å². The van der Waals surface area contributed by atoms with Gasteiger partial charge in [-0.3, -0.25) is 4.98 Å². The van der Waals surface area contributed by atoms with Gasteiger partial charge in [-0.15, -0.1) is 0 Å². The zero-order chi connectivity index (χ0) is 23.4. The highest BCUT2D eigenvalue weighted by Gasteiger charge is 2.15. The van der Waals surface area contributed by atoms with Crippen LogP contribution in [0.15, 0.2) is 72.9 Å². The number of halogens is 3. The SMILES string of the molecule is COc1ccc(-c2ccc(CCc3ccc(-c4ccc(CO)nc4)c(F)c3F)cc2)cc1F. The van der Waals surface area contributed by atoms with E-state index >= 15 is 0 Å². The van der Waals surface area contributed by atoms with Crippen molar-refractivity contribution in [3.63, 3.8) is 0 Å². The molecule has 0 spiro atoms. The summed E-state index contributed by atoms with van der Waals surface area (Å²) >= 11 is 0. The molecule has 0 bridgehead atoms. The summed E-state index contributed by atoms with van der Waals surface area (Å²) < 4.78 is 48.3. The van der Waals surface area contributed by atoms with Crippen LogP contribution >= 0.6 is 0 Å². The Kier molecular flexibility index (Phi) is 6.75. The van der Waals surface area contributed by atoms with Gasteiger partial charge in [-0.05, 0) is 53.3 Å². The summed E-state index contributed by atoms with van der Waals surface area (Å²) in [6, 6.07) is 18.6. The fraction of sp³-hybridized carbons (Fsp3) is 0.148. The van der Waals surface area contributed by atoms with Gasteiger partial charge in [-0.2, -0.15) is 0 Å². The third-order valence-corrected chi connectivity index (χ3v) is 5.58. The van der Waals surface area contributed by atoms with Gasteiger partial charge in [-0.1, -0.05) is 48.5 Å². The second-order valence-corrected chi connectivity index (χ2v) is 7.64. The fourth-order valence-corrected chi connectivity index (χ4v) is 3.67. The average Bonchev–Trinajstić information content (AvgIpc) is 2.85. The first-order valence-corrected chi connectivity index (χ1v) is 10.5. The number of aromatic nitrogens is 1. The number of aliphatic hydroxyl groups is 1. The van der Waals surface area contributed by atoms with Crippen molar-refractivity contribution in [2.24, 2.45) is 0 Å². The standard InChI is InChI=1S/C27H22F3NO2/c1-33-25-13-10-20(14-24(25)28)18-5-2-17(3-6-18)4-7-19-9-12-23(27(30)26(19)29)21-8-11-22(16-32)31-15-21/h2-3,5-6,8-15,32H,4,7,16H2,1H3. The van der Waals surface area contributed by atoms with E-state index in [1.807, 2.05) is 24.3 Å². The summed E-state index contributed by atoms with van der Waals surface area (Å²) in [6.07, 6.45) is 2.28. The van der Waals surface area contributed by atoms with E-state index in [2.05, 4.69) is 4.98 Å².